The van der Waals surface area contributed by atoms with Crippen LogP contribution in [0.1, 0.15) is 44.2 Å². The van der Waals surface area contributed by atoms with Crippen molar-refractivity contribution in [3.63, 3.8) is 0 Å². The molecule has 1 aliphatic rings. The monoisotopic (exact) mass is 291 g/mol. The predicted octanol–water partition coefficient (Wildman–Crippen LogP) is 2.30. The SMILES string of the molecule is CC(NCCCC(=O)NC1CC1)c1cccc([N+](=O)[O-])c1. The highest BCUT2D eigenvalue weighted by Crippen LogP contribution is 2.19. The minimum absolute atomic E-state index is 0.0244. The number of hydrogen-bond donors (Lipinski definition) is 2. The molecule has 0 saturated heterocycles. The Morgan fingerprint density at radius 2 is 2.24 bits per heavy atom. The van der Waals surface area contributed by atoms with Crippen LogP contribution < -0.4 is 10.6 Å². The third-order valence-corrected chi connectivity index (χ3v) is 3.55. The van der Waals surface area contributed by atoms with E-state index in [4.69, 9.17) is 0 Å². The molecule has 1 saturated carbocycles. The highest BCUT2D eigenvalue weighted by Gasteiger charge is 2.22. The molecule has 0 aliphatic heterocycles. The van der Waals surface area contributed by atoms with Crippen LogP contribution >= 0.6 is 0 Å². The van der Waals surface area contributed by atoms with Gasteiger partial charge in [0.1, 0.15) is 0 Å². The molecule has 1 amide bonds. The van der Waals surface area contributed by atoms with Crippen molar-refractivity contribution in [3.05, 3.63) is 39.9 Å². The van der Waals surface area contributed by atoms with Gasteiger partial charge in [-0.15, -0.1) is 0 Å². The second-order valence-electron chi connectivity index (χ2n) is 5.47. The summed E-state index contributed by atoms with van der Waals surface area (Å²) in [6.45, 7) is 2.67. The molecule has 114 valence electrons. The number of non-ortho nitro benzene ring substituents is 1. The zero-order valence-corrected chi connectivity index (χ0v) is 12.2. The van der Waals surface area contributed by atoms with E-state index < -0.39 is 4.92 Å². The van der Waals surface area contributed by atoms with Gasteiger partial charge >= 0.3 is 0 Å². The molecule has 1 aromatic carbocycles. The summed E-state index contributed by atoms with van der Waals surface area (Å²) in [6, 6.07) is 7.06. The molecule has 2 rings (SSSR count). The topological polar surface area (TPSA) is 84.3 Å². The molecule has 6 heteroatoms. The number of nitrogens with one attached hydrogen (secondary N) is 2. The summed E-state index contributed by atoms with van der Waals surface area (Å²) in [5, 5.41) is 17.0. The Morgan fingerprint density at radius 3 is 2.90 bits per heavy atom. The molecule has 0 aromatic heterocycles. The van der Waals surface area contributed by atoms with Gasteiger partial charge < -0.3 is 10.6 Å². The van der Waals surface area contributed by atoms with Crippen molar-refractivity contribution in [1.82, 2.24) is 10.6 Å². The zero-order valence-electron chi connectivity index (χ0n) is 12.2. The van der Waals surface area contributed by atoms with Crippen molar-refractivity contribution < 1.29 is 9.72 Å². The summed E-state index contributed by atoms with van der Waals surface area (Å²) in [7, 11) is 0. The molecule has 0 heterocycles. The van der Waals surface area contributed by atoms with Crippen LogP contribution in [-0.2, 0) is 4.79 Å². The van der Waals surface area contributed by atoms with Gasteiger partial charge in [0.15, 0.2) is 0 Å². The van der Waals surface area contributed by atoms with Gasteiger partial charge in [-0.05, 0) is 38.3 Å². The van der Waals surface area contributed by atoms with Crippen molar-refractivity contribution in [3.8, 4) is 0 Å². The Kier molecular flexibility index (Phi) is 5.27. The number of amides is 1. The Labute approximate surface area is 124 Å². The molecule has 2 N–H and O–H groups in total. The number of hydrogen-bond acceptors (Lipinski definition) is 4. The van der Waals surface area contributed by atoms with E-state index in [1.54, 1.807) is 12.1 Å². The first-order valence-corrected chi connectivity index (χ1v) is 7.33. The van der Waals surface area contributed by atoms with Gasteiger partial charge in [0.25, 0.3) is 5.69 Å². The van der Waals surface area contributed by atoms with Crippen LogP contribution in [0.4, 0.5) is 5.69 Å². The molecular formula is C15H21N3O3. The van der Waals surface area contributed by atoms with E-state index in [1.807, 2.05) is 13.0 Å². The number of rotatable bonds is 8. The summed E-state index contributed by atoms with van der Waals surface area (Å²) >= 11 is 0. The summed E-state index contributed by atoms with van der Waals surface area (Å²) in [5.41, 5.74) is 0.983. The van der Waals surface area contributed by atoms with Gasteiger partial charge in [0.05, 0.1) is 4.92 Å². The minimum atomic E-state index is -0.390. The molecule has 1 atom stereocenters. The molecule has 0 bridgehead atoms. The molecule has 0 radical (unpaired) electrons. The van der Waals surface area contributed by atoms with Gasteiger partial charge in [0, 0.05) is 30.6 Å². The number of nitro groups is 1. The smallest absolute Gasteiger partial charge is 0.269 e. The lowest BCUT2D eigenvalue weighted by atomic mass is 10.1. The van der Waals surface area contributed by atoms with Crippen molar-refractivity contribution in [1.29, 1.82) is 0 Å². The van der Waals surface area contributed by atoms with Crippen molar-refractivity contribution in [2.45, 2.75) is 44.7 Å². The number of nitrogens with zero attached hydrogens (tertiary/aromatic N) is 1. The first kappa shape index (κ1) is 15.4. The fraction of sp³-hybridized carbons (Fsp3) is 0.533. The Bertz CT molecular complexity index is 515. The molecule has 1 fully saturated rings. The van der Waals surface area contributed by atoms with Crippen LogP contribution in [0, 0.1) is 10.1 Å². The Hall–Kier alpha value is -1.95. The first-order chi connectivity index (χ1) is 10.1. The minimum Gasteiger partial charge on any atom is -0.353 e. The number of carbonyl (C=O) groups excluding carboxylic acids is 1. The first-order valence-electron chi connectivity index (χ1n) is 7.33. The van der Waals surface area contributed by atoms with E-state index in [1.165, 1.54) is 6.07 Å². The normalized spacial score (nSPS) is 15.5. The summed E-state index contributed by atoms with van der Waals surface area (Å²) in [6.07, 6.45) is 3.49. The Morgan fingerprint density at radius 1 is 1.48 bits per heavy atom. The molecule has 1 aromatic rings. The second-order valence-corrected chi connectivity index (χ2v) is 5.47. The lowest BCUT2D eigenvalue weighted by Crippen LogP contribution is -2.27. The summed E-state index contributed by atoms with van der Waals surface area (Å²) in [4.78, 5) is 21.9. The van der Waals surface area contributed by atoms with Crippen LogP contribution in [0.2, 0.25) is 0 Å². The average Bonchev–Trinajstić information content (AvgIpc) is 3.27. The largest absolute Gasteiger partial charge is 0.353 e. The maximum absolute atomic E-state index is 11.5. The lowest BCUT2D eigenvalue weighted by molar-refractivity contribution is -0.384. The molecule has 1 unspecified atom stereocenters. The standard InChI is InChI=1S/C15H21N3O3/c1-11(12-4-2-5-14(10-12)18(20)21)16-9-3-6-15(19)17-13-7-8-13/h2,4-5,10-11,13,16H,3,6-9H2,1H3,(H,17,19). The van der Waals surface area contributed by atoms with Crippen LogP contribution in [-0.4, -0.2) is 23.4 Å². The van der Waals surface area contributed by atoms with Gasteiger partial charge in [-0.25, -0.2) is 0 Å². The highest BCUT2D eigenvalue weighted by atomic mass is 16.6. The van der Waals surface area contributed by atoms with Gasteiger partial charge in [-0.1, -0.05) is 12.1 Å². The maximum Gasteiger partial charge on any atom is 0.269 e. The predicted molar refractivity (Wildman–Crippen MR) is 79.9 cm³/mol. The third-order valence-electron chi connectivity index (χ3n) is 3.55. The number of carbonyl (C=O) groups is 1. The van der Waals surface area contributed by atoms with Gasteiger partial charge in [-0.2, -0.15) is 0 Å². The number of benzene rings is 1. The average molecular weight is 291 g/mol. The molecule has 0 spiro atoms. The van der Waals surface area contributed by atoms with E-state index in [9.17, 15) is 14.9 Å². The summed E-state index contributed by atoms with van der Waals surface area (Å²) < 4.78 is 0. The molecule has 21 heavy (non-hydrogen) atoms. The van der Waals surface area contributed by atoms with Crippen molar-refractivity contribution >= 4 is 11.6 Å². The lowest BCUT2D eigenvalue weighted by Gasteiger charge is -2.14. The quantitative estimate of drug-likeness (QED) is 0.437. The van der Waals surface area contributed by atoms with E-state index in [0.717, 1.165) is 24.8 Å². The zero-order chi connectivity index (χ0) is 15.2. The van der Waals surface area contributed by atoms with Crippen LogP contribution in [0.25, 0.3) is 0 Å². The fourth-order valence-corrected chi connectivity index (χ4v) is 2.12. The fourth-order valence-electron chi connectivity index (χ4n) is 2.12. The molecular weight excluding hydrogens is 270 g/mol. The van der Waals surface area contributed by atoms with Gasteiger partial charge in [-0.3, -0.25) is 14.9 Å². The Balaban J connectivity index is 1.71. The summed E-state index contributed by atoms with van der Waals surface area (Å²) in [5.74, 6) is 0.113. The van der Waals surface area contributed by atoms with E-state index in [2.05, 4.69) is 10.6 Å². The van der Waals surface area contributed by atoms with Crippen LogP contribution in [0.15, 0.2) is 24.3 Å². The van der Waals surface area contributed by atoms with Crippen molar-refractivity contribution in [2.75, 3.05) is 6.54 Å². The van der Waals surface area contributed by atoms with E-state index in [-0.39, 0.29) is 17.6 Å². The van der Waals surface area contributed by atoms with E-state index >= 15 is 0 Å². The van der Waals surface area contributed by atoms with E-state index in [0.29, 0.717) is 19.0 Å². The molecule has 1 aliphatic carbocycles. The maximum atomic E-state index is 11.5. The third kappa shape index (κ3) is 5.15. The number of nitro benzene ring substituents is 1. The van der Waals surface area contributed by atoms with Gasteiger partial charge in [0.2, 0.25) is 5.91 Å². The van der Waals surface area contributed by atoms with Crippen molar-refractivity contribution in [2.24, 2.45) is 0 Å². The highest BCUT2D eigenvalue weighted by molar-refractivity contribution is 5.76. The van der Waals surface area contributed by atoms with Crippen LogP contribution in [0.5, 0.6) is 0 Å². The van der Waals surface area contributed by atoms with Crippen LogP contribution in [0.3, 0.4) is 0 Å². The second kappa shape index (κ2) is 7.17. The molecule has 6 nitrogen and oxygen atoms in total.